The zero-order chi connectivity index (χ0) is 16.1. The first-order chi connectivity index (χ1) is 10.3. The molecule has 3 rings (SSSR count). The molecule has 0 atom stereocenters. The summed E-state index contributed by atoms with van der Waals surface area (Å²) < 4.78 is 1.97. The fourth-order valence-corrected chi connectivity index (χ4v) is 4.07. The van der Waals surface area contributed by atoms with Gasteiger partial charge in [-0.1, -0.05) is 0 Å². The first-order valence-corrected chi connectivity index (χ1v) is 8.58. The van der Waals surface area contributed by atoms with E-state index in [1.807, 2.05) is 23.4 Å². The van der Waals surface area contributed by atoms with E-state index >= 15 is 0 Å². The summed E-state index contributed by atoms with van der Waals surface area (Å²) in [6.07, 6.45) is 0.963. The predicted octanol–water partition coefficient (Wildman–Crippen LogP) is 3.51. The SMILES string of the molecule is Cc1nn(C(C)(C)C)c(C)c1C(=O)N1CCc2sccc2C1. The quantitative estimate of drug-likeness (QED) is 0.807. The van der Waals surface area contributed by atoms with Crippen LogP contribution < -0.4 is 0 Å². The van der Waals surface area contributed by atoms with Crippen molar-refractivity contribution in [1.29, 1.82) is 0 Å². The zero-order valence-corrected chi connectivity index (χ0v) is 14.8. The summed E-state index contributed by atoms with van der Waals surface area (Å²) in [6.45, 7) is 11.8. The summed E-state index contributed by atoms with van der Waals surface area (Å²) in [5.41, 5.74) is 3.74. The number of aromatic nitrogens is 2. The zero-order valence-electron chi connectivity index (χ0n) is 13.9. The number of hydrogen-bond donors (Lipinski definition) is 0. The molecule has 22 heavy (non-hydrogen) atoms. The molecule has 0 fully saturated rings. The molecule has 0 radical (unpaired) electrons. The van der Waals surface area contributed by atoms with E-state index in [2.05, 4.69) is 37.3 Å². The highest BCUT2D eigenvalue weighted by Gasteiger charge is 2.29. The van der Waals surface area contributed by atoms with E-state index in [1.54, 1.807) is 11.3 Å². The molecule has 1 aliphatic rings. The van der Waals surface area contributed by atoms with E-state index in [4.69, 9.17) is 0 Å². The Morgan fingerprint density at radius 3 is 2.68 bits per heavy atom. The molecular weight excluding hydrogens is 294 g/mol. The molecule has 1 aliphatic heterocycles. The fraction of sp³-hybridized carbons (Fsp3) is 0.529. The topological polar surface area (TPSA) is 38.1 Å². The summed E-state index contributed by atoms with van der Waals surface area (Å²) in [6, 6.07) is 2.14. The number of aryl methyl sites for hydroxylation is 1. The van der Waals surface area contributed by atoms with Gasteiger partial charge in [-0.3, -0.25) is 9.48 Å². The van der Waals surface area contributed by atoms with Gasteiger partial charge in [-0.2, -0.15) is 5.10 Å². The molecule has 3 heterocycles. The van der Waals surface area contributed by atoms with E-state index in [1.165, 1.54) is 10.4 Å². The van der Waals surface area contributed by atoms with Gasteiger partial charge in [-0.25, -0.2) is 0 Å². The lowest BCUT2D eigenvalue weighted by atomic mass is 10.1. The fourth-order valence-electron chi connectivity index (χ4n) is 3.19. The van der Waals surface area contributed by atoms with E-state index in [0.29, 0.717) is 0 Å². The number of amides is 1. The average molecular weight is 317 g/mol. The predicted molar refractivity (Wildman–Crippen MR) is 89.5 cm³/mol. The van der Waals surface area contributed by atoms with Crippen molar-refractivity contribution >= 4 is 17.2 Å². The molecule has 0 unspecified atom stereocenters. The maximum Gasteiger partial charge on any atom is 0.257 e. The van der Waals surface area contributed by atoms with Crippen LogP contribution in [0.1, 0.15) is 53.0 Å². The maximum absolute atomic E-state index is 13.0. The third-order valence-corrected chi connectivity index (χ3v) is 5.26. The first kappa shape index (κ1) is 15.3. The largest absolute Gasteiger partial charge is 0.334 e. The molecule has 1 amide bonds. The van der Waals surface area contributed by atoms with Gasteiger partial charge in [-0.05, 0) is 58.0 Å². The third-order valence-electron chi connectivity index (χ3n) is 4.24. The number of carbonyl (C=O) groups is 1. The minimum Gasteiger partial charge on any atom is -0.334 e. The van der Waals surface area contributed by atoms with Crippen LogP contribution >= 0.6 is 11.3 Å². The Hall–Kier alpha value is -1.62. The van der Waals surface area contributed by atoms with Crippen molar-refractivity contribution in [3.8, 4) is 0 Å². The molecule has 118 valence electrons. The lowest BCUT2D eigenvalue weighted by Crippen LogP contribution is -2.36. The summed E-state index contributed by atoms with van der Waals surface area (Å²) in [5.74, 6) is 0.113. The Labute approximate surface area is 135 Å². The van der Waals surface area contributed by atoms with Gasteiger partial charge in [0, 0.05) is 23.7 Å². The average Bonchev–Trinajstić information content (AvgIpc) is 3.01. The number of hydrogen-bond acceptors (Lipinski definition) is 3. The van der Waals surface area contributed by atoms with Crippen LogP contribution in [0.15, 0.2) is 11.4 Å². The van der Waals surface area contributed by atoms with Crippen LogP contribution in [0.4, 0.5) is 0 Å². The molecule has 0 saturated heterocycles. The number of rotatable bonds is 1. The van der Waals surface area contributed by atoms with Crippen molar-refractivity contribution in [1.82, 2.24) is 14.7 Å². The molecule has 0 aliphatic carbocycles. The number of fused-ring (bicyclic) bond motifs is 1. The van der Waals surface area contributed by atoms with Crippen molar-refractivity contribution in [2.24, 2.45) is 0 Å². The van der Waals surface area contributed by atoms with Crippen LogP contribution in [-0.4, -0.2) is 27.1 Å². The molecule has 4 nitrogen and oxygen atoms in total. The molecular formula is C17H23N3OS. The van der Waals surface area contributed by atoms with Gasteiger partial charge in [0.2, 0.25) is 0 Å². The van der Waals surface area contributed by atoms with E-state index in [-0.39, 0.29) is 11.4 Å². The molecule has 0 saturated carbocycles. The van der Waals surface area contributed by atoms with Gasteiger partial charge < -0.3 is 4.90 Å². The number of thiophene rings is 1. The molecule has 0 N–H and O–H groups in total. The van der Waals surface area contributed by atoms with Crippen molar-refractivity contribution in [2.45, 2.75) is 53.1 Å². The minimum absolute atomic E-state index is 0.113. The molecule has 0 aromatic carbocycles. The van der Waals surface area contributed by atoms with Crippen LogP contribution in [0.2, 0.25) is 0 Å². The monoisotopic (exact) mass is 317 g/mol. The number of nitrogens with zero attached hydrogens (tertiary/aromatic N) is 3. The summed E-state index contributed by atoms with van der Waals surface area (Å²) in [7, 11) is 0. The van der Waals surface area contributed by atoms with Crippen molar-refractivity contribution in [2.75, 3.05) is 6.54 Å². The lowest BCUT2D eigenvalue weighted by molar-refractivity contribution is 0.0734. The standard InChI is InChI=1S/C17H23N3OS/c1-11-15(12(2)20(18-11)17(3,4)5)16(21)19-8-6-14-13(10-19)7-9-22-14/h7,9H,6,8,10H2,1-5H3. The van der Waals surface area contributed by atoms with Gasteiger partial charge in [0.25, 0.3) is 5.91 Å². The van der Waals surface area contributed by atoms with Gasteiger partial charge in [-0.15, -0.1) is 11.3 Å². The summed E-state index contributed by atoms with van der Waals surface area (Å²) in [5, 5.41) is 6.72. The first-order valence-electron chi connectivity index (χ1n) is 7.70. The lowest BCUT2D eigenvalue weighted by Gasteiger charge is -2.27. The van der Waals surface area contributed by atoms with E-state index < -0.39 is 0 Å². The van der Waals surface area contributed by atoms with Crippen LogP contribution in [0.5, 0.6) is 0 Å². The highest BCUT2D eigenvalue weighted by molar-refractivity contribution is 7.10. The van der Waals surface area contributed by atoms with Gasteiger partial charge >= 0.3 is 0 Å². The second kappa shape index (κ2) is 5.23. The highest BCUT2D eigenvalue weighted by atomic mass is 32.1. The normalized spacial score (nSPS) is 15.0. The molecule has 2 aromatic rings. The summed E-state index contributed by atoms with van der Waals surface area (Å²) in [4.78, 5) is 16.4. The van der Waals surface area contributed by atoms with E-state index in [9.17, 15) is 4.79 Å². The molecule has 5 heteroatoms. The number of carbonyl (C=O) groups excluding carboxylic acids is 1. The van der Waals surface area contributed by atoms with Crippen molar-refractivity contribution < 1.29 is 4.79 Å². The van der Waals surface area contributed by atoms with Gasteiger partial charge in [0.15, 0.2) is 0 Å². The van der Waals surface area contributed by atoms with Crippen LogP contribution in [0.25, 0.3) is 0 Å². The Balaban J connectivity index is 1.92. The summed E-state index contributed by atoms with van der Waals surface area (Å²) >= 11 is 1.79. The van der Waals surface area contributed by atoms with Gasteiger partial charge in [0.05, 0.1) is 16.8 Å². The van der Waals surface area contributed by atoms with Crippen molar-refractivity contribution in [3.63, 3.8) is 0 Å². The van der Waals surface area contributed by atoms with Crippen LogP contribution in [-0.2, 0) is 18.5 Å². The molecule has 0 spiro atoms. The van der Waals surface area contributed by atoms with Crippen LogP contribution in [0.3, 0.4) is 0 Å². The molecule has 2 aromatic heterocycles. The Bertz CT molecular complexity index is 721. The van der Waals surface area contributed by atoms with Gasteiger partial charge in [0.1, 0.15) is 0 Å². The Morgan fingerprint density at radius 2 is 2.05 bits per heavy atom. The minimum atomic E-state index is -0.115. The second-order valence-electron chi connectivity index (χ2n) is 6.97. The Kier molecular flexibility index (Phi) is 3.63. The second-order valence-corrected chi connectivity index (χ2v) is 7.97. The Morgan fingerprint density at radius 1 is 1.32 bits per heavy atom. The third kappa shape index (κ3) is 2.47. The van der Waals surface area contributed by atoms with Crippen LogP contribution in [0, 0.1) is 13.8 Å². The van der Waals surface area contributed by atoms with E-state index in [0.717, 1.165) is 36.5 Å². The maximum atomic E-state index is 13.0. The smallest absolute Gasteiger partial charge is 0.257 e. The van der Waals surface area contributed by atoms with Crippen molar-refractivity contribution in [3.05, 3.63) is 38.8 Å². The molecule has 0 bridgehead atoms. The highest BCUT2D eigenvalue weighted by Crippen LogP contribution is 2.27.